The van der Waals surface area contributed by atoms with Crippen LogP contribution < -0.4 is 16.2 Å². The van der Waals surface area contributed by atoms with E-state index in [1.807, 2.05) is 32.0 Å². The maximum Gasteiger partial charge on any atom is 0.278 e. The van der Waals surface area contributed by atoms with Crippen LogP contribution in [0.1, 0.15) is 25.0 Å². The van der Waals surface area contributed by atoms with E-state index < -0.39 is 10.8 Å². The Bertz CT molecular complexity index is 1190. The van der Waals surface area contributed by atoms with E-state index in [-0.39, 0.29) is 22.7 Å². The molecule has 0 aliphatic rings. The molecule has 3 aromatic rings. The van der Waals surface area contributed by atoms with Gasteiger partial charge in [-0.3, -0.25) is 19.4 Å². The predicted molar refractivity (Wildman–Crippen MR) is 122 cm³/mol. The normalized spacial score (nSPS) is 11.6. The van der Waals surface area contributed by atoms with Gasteiger partial charge in [0.25, 0.3) is 5.56 Å². The quantitative estimate of drug-likeness (QED) is 0.508. The molecule has 0 aliphatic heterocycles. The molecular weight excluding hydrogens is 414 g/mol. The lowest BCUT2D eigenvalue weighted by atomic mass is 10.1. The van der Waals surface area contributed by atoms with Crippen molar-refractivity contribution in [1.29, 1.82) is 0 Å². The molecule has 0 fully saturated rings. The third-order valence-corrected chi connectivity index (χ3v) is 5.44. The van der Waals surface area contributed by atoms with Crippen LogP contribution in [0.25, 0.3) is 11.3 Å². The second-order valence-electron chi connectivity index (χ2n) is 7.10. The number of anilines is 2. The minimum Gasteiger partial charge on any atom is -0.326 e. The number of nitrogens with one attached hydrogen (secondary N) is 3. The fraction of sp³-hybridized carbons (Fsp3) is 0.227. The van der Waals surface area contributed by atoms with Crippen LogP contribution in [-0.2, 0) is 9.59 Å². The standard InChI is InChI=1S/C22H23N5O3S/c1-12-9-10-17(13(2)11-12)24-20(29)14(3)31-22-25-21(30)19(26-27-22)16-7-5-6-8-18(16)23-15(4)28/h5-11,14H,1-4H3,(H,23,28)(H,24,29)(H,25,27,30). The number of aromatic amines is 1. The number of carbonyl (C=O) groups is 2. The van der Waals surface area contributed by atoms with Gasteiger partial charge in [-0.15, -0.1) is 10.2 Å². The molecule has 1 heterocycles. The number of aryl methyl sites for hydroxylation is 2. The maximum absolute atomic E-state index is 12.6. The summed E-state index contributed by atoms with van der Waals surface area (Å²) in [4.78, 5) is 39.3. The first-order valence-electron chi connectivity index (χ1n) is 9.63. The number of hydrogen-bond donors (Lipinski definition) is 3. The number of benzene rings is 2. The van der Waals surface area contributed by atoms with E-state index in [4.69, 9.17) is 0 Å². The first kappa shape index (κ1) is 22.2. The summed E-state index contributed by atoms with van der Waals surface area (Å²) in [5, 5.41) is 13.4. The average Bonchev–Trinajstić information content (AvgIpc) is 2.70. The summed E-state index contributed by atoms with van der Waals surface area (Å²) < 4.78 is 0. The largest absolute Gasteiger partial charge is 0.326 e. The van der Waals surface area contributed by atoms with Gasteiger partial charge >= 0.3 is 0 Å². The lowest BCUT2D eigenvalue weighted by Gasteiger charge is -2.13. The second kappa shape index (κ2) is 9.57. The summed E-state index contributed by atoms with van der Waals surface area (Å²) in [6.07, 6.45) is 0. The molecule has 0 spiro atoms. The number of carbonyl (C=O) groups excluding carboxylic acids is 2. The van der Waals surface area contributed by atoms with Crippen molar-refractivity contribution in [3.8, 4) is 11.3 Å². The first-order valence-corrected chi connectivity index (χ1v) is 10.5. The molecule has 1 aromatic heterocycles. The third-order valence-electron chi connectivity index (χ3n) is 4.47. The van der Waals surface area contributed by atoms with Gasteiger partial charge in [0.15, 0.2) is 10.9 Å². The molecule has 160 valence electrons. The molecule has 1 atom stereocenters. The van der Waals surface area contributed by atoms with Gasteiger partial charge in [-0.25, -0.2) is 0 Å². The van der Waals surface area contributed by atoms with Crippen LogP contribution in [-0.4, -0.2) is 32.2 Å². The second-order valence-corrected chi connectivity index (χ2v) is 8.43. The third kappa shape index (κ3) is 5.58. The Balaban J connectivity index is 1.75. The van der Waals surface area contributed by atoms with Crippen molar-refractivity contribution in [3.63, 3.8) is 0 Å². The van der Waals surface area contributed by atoms with Crippen LogP contribution in [0.5, 0.6) is 0 Å². The lowest BCUT2D eigenvalue weighted by Crippen LogP contribution is -2.24. The fourth-order valence-corrected chi connectivity index (χ4v) is 3.69. The Morgan fingerprint density at radius 3 is 2.45 bits per heavy atom. The molecule has 1 unspecified atom stereocenters. The van der Waals surface area contributed by atoms with E-state index in [0.29, 0.717) is 11.3 Å². The van der Waals surface area contributed by atoms with Crippen molar-refractivity contribution in [3.05, 3.63) is 63.9 Å². The Morgan fingerprint density at radius 2 is 1.77 bits per heavy atom. The van der Waals surface area contributed by atoms with Crippen LogP contribution in [0.3, 0.4) is 0 Å². The van der Waals surface area contributed by atoms with E-state index in [0.717, 1.165) is 28.6 Å². The summed E-state index contributed by atoms with van der Waals surface area (Å²) in [5.41, 5.74) is 3.39. The maximum atomic E-state index is 12.6. The zero-order chi connectivity index (χ0) is 22.5. The van der Waals surface area contributed by atoms with Crippen LogP contribution in [0.2, 0.25) is 0 Å². The zero-order valence-corrected chi connectivity index (χ0v) is 18.5. The number of aromatic nitrogens is 3. The Labute approximate surface area is 183 Å². The van der Waals surface area contributed by atoms with Crippen LogP contribution in [0.15, 0.2) is 52.4 Å². The molecule has 3 rings (SSSR count). The highest BCUT2D eigenvalue weighted by molar-refractivity contribution is 8.00. The highest BCUT2D eigenvalue weighted by Crippen LogP contribution is 2.25. The van der Waals surface area contributed by atoms with Crippen molar-refractivity contribution in [2.75, 3.05) is 10.6 Å². The van der Waals surface area contributed by atoms with Gasteiger partial charge < -0.3 is 10.6 Å². The number of H-pyrrole nitrogens is 1. The summed E-state index contributed by atoms with van der Waals surface area (Å²) in [6.45, 7) is 7.03. The topological polar surface area (TPSA) is 117 Å². The summed E-state index contributed by atoms with van der Waals surface area (Å²) in [6, 6.07) is 12.6. The van der Waals surface area contributed by atoms with Gasteiger partial charge in [-0.2, -0.15) is 0 Å². The number of para-hydroxylation sites is 1. The molecule has 0 radical (unpaired) electrons. The zero-order valence-electron chi connectivity index (χ0n) is 17.6. The van der Waals surface area contributed by atoms with Crippen molar-refractivity contribution in [1.82, 2.24) is 15.2 Å². The molecule has 9 heteroatoms. The van der Waals surface area contributed by atoms with Gasteiger partial charge in [0, 0.05) is 18.2 Å². The Morgan fingerprint density at radius 1 is 1.03 bits per heavy atom. The SMILES string of the molecule is CC(=O)Nc1ccccc1-c1nnc(SC(C)C(=O)Nc2ccc(C)cc2C)[nH]c1=O. The average molecular weight is 438 g/mol. The number of thioether (sulfide) groups is 1. The molecule has 31 heavy (non-hydrogen) atoms. The van der Waals surface area contributed by atoms with E-state index >= 15 is 0 Å². The van der Waals surface area contributed by atoms with Crippen LogP contribution in [0.4, 0.5) is 11.4 Å². The Kier molecular flexibility index (Phi) is 6.86. The lowest BCUT2D eigenvalue weighted by molar-refractivity contribution is -0.115. The Hall–Kier alpha value is -3.46. The number of amides is 2. The van der Waals surface area contributed by atoms with E-state index in [1.165, 1.54) is 6.92 Å². The van der Waals surface area contributed by atoms with Gasteiger partial charge in [0.1, 0.15) is 0 Å². The van der Waals surface area contributed by atoms with E-state index in [2.05, 4.69) is 25.8 Å². The number of nitrogens with zero attached hydrogens (tertiary/aromatic N) is 2. The molecule has 0 saturated heterocycles. The molecule has 0 bridgehead atoms. The summed E-state index contributed by atoms with van der Waals surface area (Å²) >= 11 is 1.10. The van der Waals surface area contributed by atoms with Crippen LogP contribution in [0, 0.1) is 13.8 Å². The molecule has 0 aliphatic carbocycles. The monoisotopic (exact) mass is 437 g/mol. The van der Waals surface area contributed by atoms with Gasteiger partial charge in [-0.1, -0.05) is 47.7 Å². The van der Waals surface area contributed by atoms with E-state index in [9.17, 15) is 14.4 Å². The predicted octanol–water partition coefficient (Wildman–Crippen LogP) is 3.53. The molecule has 8 nitrogen and oxygen atoms in total. The van der Waals surface area contributed by atoms with E-state index in [1.54, 1.807) is 31.2 Å². The summed E-state index contributed by atoms with van der Waals surface area (Å²) in [5.74, 6) is -0.465. The van der Waals surface area contributed by atoms with Gasteiger partial charge in [-0.05, 0) is 38.5 Å². The van der Waals surface area contributed by atoms with Crippen molar-refractivity contribution < 1.29 is 9.59 Å². The molecule has 2 aromatic carbocycles. The fourth-order valence-electron chi connectivity index (χ4n) is 2.95. The minimum absolute atomic E-state index is 0.0843. The van der Waals surface area contributed by atoms with Gasteiger partial charge in [0.2, 0.25) is 11.8 Å². The number of hydrogen-bond acceptors (Lipinski definition) is 6. The summed E-state index contributed by atoms with van der Waals surface area (Å²) in [7, 11) is 0. The van der Waals surface area contributed by atoms with Crippen molar-refractivity contribution in [2.24, 2.45) is 0 Å². The van der Waals surface area contributed by atoms with Crippen molar-refractivity contribution in [2.45, 2.75) is 38.1 Å². The van der Waals surface area contributed by atoms with Crippen LogP contribution >= 0.6 is 11.8 Å². The minimum atomic E-state index is -0.511. The van der Waals surface area contributed by atoms with Crippen molar-refractivity contribution >= 4 is 35.0 Å². The first-order chi connectivity index (χ1) is 14.7. The highest BCUT2D eigenvalue weighted by atomic mass is 32.2. The van der Waals surface area contributed by atoms with Gasteiger partial charge in [0.05, 0.1) is 10.9 Å². The highest BCUT2D eigenvalue weighted by Gasteiger charge is 2.19. The molecule has 2 amide bonds. The molecule has 3 N–H and O–H groups in total. The smallest absolute Gasteiger partial charge is 0.278 e. The molecule has 0 saturated carbocycles. The number of rotatable bonds is 6. The molecular formula is C22H23N5O3S.